The summed E-state index contributed by atoms with van der Waals surface area (Å²) in [5.74, 6) is 0. The first-order valence-electron chi connectivity index (χ1n) is 6.73. The van der Waals surface area contributed by atoms with Crippen molar-refractivity contribution >= 4 is 27.3 Å². The van der Waals surface area contributed by atoms with Gasteiger partial charge in [-0.15, -0.1) is 0 Å². The van der Waals surface area contributed by atoms with Crippen molar-refractivity contribution < 1.29 is 8.42 Å². The number of nitrogen functional groups attached to an aromatic ring is 1. The molecule has 0 radical (unpaired) electrons. The molecule has 7 heteroatoms. The second-order valence-electron chi connectivity index (χ2n) is 4.94. The molecule has 1 saturated carbocycles. The number of halogens is 1. The van der Waals surface area contributed by atoms with Gasteiger partial charge in [-0.1, -0.05) is 18.5 Å². The Hall–Kier alpha value is -0.820. The van der Waals surface area contributed by atoms with Crippen LogP contribution in [0.1, 0.15) is 19.8 Å². The summed E-state index contributed by atoms with van der Waals surface area (Å²) in [6.45, 7) is 4.16. The lowest BCUT2D eigenvalue weighted by Gasteiger charge is -2.19. The summed E-state index contributed by atoms with van der Waals surface area (Å²) >= 11 is 5.85. The Labute approximate surface area is 125 Å². The molecule has 0 spiro atoms. The average molecular weight is 318 g/mol. The van der Waals surface area contributed by atoms with Crippen LogP contribution in [0.2, 0.25) is 5.02 Å². The zero-order chi connectivity index (χ0) is 14.8. The van der Waals surface area contributed by atoms with E-state index in [1.807, 2.05) is 0 Å². The van der Waals surface area contributed by atoms with Crippen molar-refractivity contribution in [1.29, 1.82) is 0 Å². The van der Waals surface area contributed by atoms with E-state index in [0.29, 0.717) is 18.3 Å². The van der Waals surface area contributed by atoms with Crippen LogP contribution in [0.4, 0.5) is 5.69 Å². The molecule has 0 aliphatic heterocycles. The fourth-order valence-electron chi connectivity index (χ4n) is 2.12. The second-order valence-corrected chi connectivity index (χ2v) is 7.12. The number of sulfonamides is 1. The van der Waals surface area contributed by atoms with Crippen LogP contribution in [0.15, 0.2) is 23.1 Å². The van der Waals surface area contributed by atoms with E-state index in [0.717, 1.165) is 13.1 Å². The first kappa shape index (κ1) is 15.6. The summed E-state index contributed by atoms with van der Waals surface area (Å²) in [6, 6.07) is 4.97. The van der Waals surface area contributed by atoms with E-state index in [1.54, 1.807) is 0 Å². The van der Waals surface area contributed by atoms with Crippen molar-refractivity contribution in [3.8, 4) is 0 Å². The van der Waals surface area contributed by atoms with Gasteiger partial charge in [-0.05, 0) is 37.6 Å². The molecular formula is C13H20ClN3O2S. The van der Waals surface area contributed by atoms with Gasteiger partial charge < -0.3 is 5.73 Å². The fourth-order valence-corrected chi connectivity index (χ4v) is 3.41. The highest BCUT2D eigenvalue weighted by atomic mass is 35.5. The maximum absolute atomic E-state index is 12.1. The normalized spacial score (nSPS) is 15.8. The minimum atomic E-state index is -3.53. The highest BCUT2D eigenvalue weighted by molar-refractivity contribution is 7.89. The predicted octanol–water partition coefficient (Wildman–Crippen LogP) is 1.68. The molecule has 3 N–H and O–H groups in total. The highest BCUT2D eigenvalue weighted by Gasteiger charge is 2.27. The summed E-state index contributed by atoms with van der Waals surface area (Å²) in [6.07, 6.45) is 2.43. The Morgan fingerprint density at radius 2 is 2.15 bits per heavy atom. The molecule has 0 atom stereocenters. The number of nitrogens with one attached hydrogen (secondary N) is 1. The minimum absolute atomic E-state index is 0.145. The SMILES string of the molecule is CCN(CCNS(=O)(=O)c1ccc(N)c(Cl)c1)C1CC1. The van der Waals surface area contributed by atoms with E-state index in [2.05, 4.69) is 16.5 Å². The van der Waals surface area contributed by atoms with Crippen molar-refractivity contribution in [2.75, 3.05) is 25.4 Å². The molecule has 0 amide bonds. The molecule has 1 aliphatic carbocycles. The first-order chi connectivity index (χ1) is 9.44. The monoisotopic (exact) mass is 317 g/mol. The lowest BCUT2D eigenvalue weighted by Crippen LogP contribution is -2.36. The van der Waals surface area contributed by atoms with Gasteiger partial charge in [-0.2, -0.15) is 0 Å². The number of nitrogens with zero attached hydrogens (tertiary/aromatic N) is 1. The number of hydrogen-bond acceptors (Lipinski definition) is 4. The molecule has 0 heterocycles. The molecule has 1 aromatic rings. The van der Waals surface area contributed by atoms with Gasteiger partial charge in [0.1, 0.15) is 0 Å². The van der Waals surface area contributed by atoms with Crippen molar-refractivity contribution in [2.24, 2.45) is 0 Å². The molecule has 0 aromatic heterocycles. The first-order valence-corrected chi connectivity index (χ1v) is 8.59. The van der Waals surface area contributed by atoms with Crippen LogP contribution in [0, 0.1) is 0 Å². The lowest BCUT2D eigenvalue weighted by atomic mass is 10.3. The van der Waals surface area contributed by atoms with Gasteiger partial charge in [0.2, 0.25) is 10.0 Å². The molecule has 112 valence electrons. The third-order valence-electron chi connectivity index (χ3n) is 3.44. The minimum Gasteiger partial charge on any atom is -0.398 e. The van der Waals surface area contributed by atoms with E-state index in [1.165, 1.54) is 31.0 Å². The third kappa shape index (κ3) is 3.85. The standard InChI is InChI=1S/C13H20ClN3O2S/c1-2-17(10-3-4-10)8-7-16-20(18,19)11-5-6-13(15)12(14)9-11/h5-6,9-10,16H,2-4,7-8,15H2,1H3. The summed E-state index contributed by atoms with van der Waals surface area (Å²) < 4.78 is 26.8. The van der Waals surface area contributed by atoms with Gasteiger partial charge in [0.15, 0.2) is 0 Å². The van der Waals surface area contributed by atoms with Gasteiger partial charge in [0.25, 0.3) is 0 Å². The van der Waals surface area contributed by atoms with Crippen LogP contribution >= 0.6 is 11.6 Å². The van der Waals surface area contributed by atoms with Crippen LogP contribution in [0.3, 0.4) is 0 Å². The van der Waals surface area contributed by atoms with Gasteiger partial charge >= 0.3 is 0 Å². The smallest absolute Gasteiger partial charge is 0.240 e. The molecule has 0 saturated heterocycles. The van der Waals surface area contributed by atoms with Gasteiger partial charge in [0.05, 0.1) is 15.6 Å². The van der Waals surface area contributed by atoms with Crippen molar-refractivity contribution in [2.45, 2.75) is 30.7 Å². The van der Waals surface area contributed by atoms with Gasteiger partial charge in [-0.3, -0.25) is 4.90 Å². The number of hydrogen-bond donors (Lipinski definition) is 2. The number of nitrogens with two attached hydrogens (primary N) is 1. The zero-order valence-electron chi connectivity index (χ0n) is 11.5. The Bertz CT molecular complexity index is 573. The number of anilines is 1. The summed E-state index contributed by atoms with van der Waals surface area (Å²) in [4.78, 5) is 2.43. The molecule has 1 fully saturated rings. The van der Waals surface area contributed by atoms with Gasteiger partial charge in [-0.25, -0.2) is 13.1 Å². The van der Waals surface area contributed by atoms with E-state index in [4.69, 9.17) is 17.3 Å². The van der Waals surface area contributed by atoms with E-state index in [9.17, 15) is 8.42 Å². The van der Waals surface area contributed by atoms with Crippen molar-refractivity contribution in [3.05, 3.63) is 23.2 Å². The lowest BCUT2D eigenvalue weighted by molar-refractivity contribution is 0.282. The topological polar surface area (TPSA) is 75.4 Å². The van der Waals surface area contributed by atoms with Crippen LogP contribution in [0.5, 0.6) is 0 Å². The Balaban J connectivity index is 1.94. The second kappa shape index (κ2) is 6.30. The summed E-state index contributed by atoms with van der Waals surface area (Å²) in [7, 11) is -3.53. The molecule has 0 unspecified atom stereocenters. The number of rotatable bonds is 7. The van der Waals surface area contributed by atoms with Crippen LogP contribution < -0.4 is 10.5 Å². The molecule has 5 nitrogen and oxygen atoms in total. The van der Waals surface area contributed by atoms with Crippen LogP contribution in [-0.4, -0.2) is 39.0 Å². The van der Waals surface area contributed by atoms with Crippen LogP contribution in [0.25, 0.3) is 0 Å². The van der Waals surface area contributed by atoms with Crippen LogP contribution in [-0.2, 0) is 10.0 Å². The molecule has 0 bridgehead atoms. The maximum Gasteiger partial charge on any atom is 0.240 e. The summed E-state index contributed by atoms with van der Waals surface area (Å²) in [5, 5.41) is 0.251. The third-order valence-corrected chi connectivity index (χ3v) is 5.23. The fraction of sp³-hybridized carbons (Fsp3) is 0.538. The average Bonchev–Trinajstić information content (AvgIpc) is 3.22. The summed E-state index contributed by atoms with van der Waals surface area (Å²) in [5.41, 5.74) is 5.95. The quantitative estimate of drug-likeness (QED) is 0.750. The predicted molar refractivity (Wildman–Crippen MR) is 81.3 cm³/mol. The Kier molecular flexibility index (Phi) is 4.90. The highest BCUT2D eigenvalue weighted by Crippen LogP contribution is 2.26. The molecule has 1 aromatic carbocycles. The molecule has 2 rings (SSSR count). The van der Waals surface area contributed by atoms with E-state index in [-0.39, 0.29) is 9.92 Å². The Morgan fingerprint density at radius 1 is 1.45 bits per heavy atom. The van der Waals surface area contributed by atoms with Crippen molar-refractivity contribution in [3.63, 3.8) is 0 Å². The maximum atomic E-state index is 12.1. The van der Waals surface area contributed by atoms with E-state index < -0.39 is 10.0 Å². The van der Waals surface area contributed by atoms with Gasteiger partial charge in [0, 0.05) is 19.1 Å². The van der Waals surface area contributed by atoms with Crippen molar-refractivity contribution in [1.82, 2.24) is 9.62 Å². The van der Waals surface area contributed by atoms with E-state index >= 15 is 0 Å². The molecule has 1 aliphatic rings. The molecule has 20 heavy (non-hydrogen) atoms. The molecular weight excluding hydrogens is 298 g/mol. The number of benzene rings is 1. The Morgan fingerprint density at radius 3 is 2.70 bits per heavy atom. The zero-order valence-corrected chi connectivity index (χ0v) is 13.0. The largest absolute Gasteiger partial charge is 0.398 e. The number of likely N-dealkylation sites (N-methyl/N-ethyl adjacent to an activating group) is 1.